The molecule has 156 valence electrons. The third-order valence-electron chi connectivity index (χ3n) is 3.83. The first kappa shape index (κ1) is 23.8. The molecule has 2 rings (SSSR count). The molecule has 9 heteroatoms. The molecular formula is C18H31NO7S. The monoisotopic (exact) mass is 405 g/mol. The van der Waals surface area contributed by atoms with Gasteiger partial charge in [0.15, 0.2) is 0 Å². The van der Waals surface area contributed by atoms with Crippen LogP contribution >= 0.6 is 0 Å². The minimum atomic E-state index is -4.67. The molecule has 8 nitrogen and oxygen atoms in total. The van der Waals surface area contributed by atoms with Gasteiger partial charge in [-0.3, -0.25) is 9.11 Å². The summed E-state index contributed by atoms with van der Waals surface area (Å²) in [7, 11) is -4.67. The van der Waals surface area contributed by atoms with Crippen LogP contribution in [-0.2, 0) is 24.6 Å². The number of rotatable bonds is 9. The molecule has 0 saturated carbocycles. The van der Waals surface area contributed by atoms with E-state index in [9.17, 15) is 0 Å². The quantitative estimate of drug-likeness (QED) is 0.367. The van der Waals surface area contributed by atoms with E-state index in [1.54, 1.807) is 0 Å². The Labute approximate surface area is 162 Å². The highest BCUT2D eigenvalue weighted by molar-refractivity contribution is 7.79. The van der Waals surface area contributed by atoms with Crippen LogP contribution in [0.4, 0.5) is 5.69 Å². The van der Waals surface area contributed by atoms with Crippen LogP contribution < -0.4 is 4.90 Å². The first-order chi connectivity index (χ1) is 12.8. The van der Waals surface area contributed by atoms with Gasteiger partial charge >= 0.3 is 16.4 Å². The normalized spacial score (nSPS) is 16.5. The van der Waals surface area contributed by atoms with Crippen molar-refractivity contribution in [3.05, 3.63) is 30.3 Å². The Morgan fingerprint density at radius 3 is 2.07 bits per heavy atom. The lowest BCUT2D eigenvalue weighted by Gasteiger charge is -2.42. The van der Waals surface area contributed by atoms with E-state index in [-0.39, 0.29) is 0 Å². The predicted octanol–water partition coefficient (Wildman–Crippen LogP) is 3.16. The second-order valence-corrected chi connectivity index (χ2v) is 7.04. The maximum atomic E-state index is 8.74. The summed E-state index contributed by atoms with van der Waals surface area (Å²) < 4.78 is 49.6. The Morgan fingerprint density at radius 2 is 1.59 bits per heavy atom. The Hall–Kier alpha value is -1.23. The fourth-order valence-electron chi connectivity index (χ4n) is 2.49. The lowest BCUT2D eigenvalue weighted by Crippen LogP contribution is -2.55. The van der Waals surface area contributed by atoms with Crippen LogP contribution in [-0.4, -0.2) is 56.4 Å². The van der Waals surface area contributed by atoms with Gasteiger partial charge in [-0.05, 0) is 25.0 Å². The fraction of sp³-hybridized carbons (Fsp3) is 0.667. The van der Waals surface area contributed by atoms with Gasteiger partial charge in [0, 0.05) is 12.2 Å². The van der Waals surface area contributed by atoms with Crippen molar-refractivity contribution in [2.45, 2.75) is 45.5 Å². The maximum absolute atomic E-state index is 8.74. The fourth-order valence-corrected chi connectivity index (χ4v) is 2.49. The highest BCUT2D eigenvalue weighted by Gasteiger charge is 2.39. The lowest BCUT2D eigenvalue weighted by molar-refractivity contribution is -0.380. The average molecular weight is 406 g/mol. The van der Waals surface area contributed by atoms with E-state index in [0.717, 1.165) is 32.2 Å². The number of benzene rings is 1. The van der Waals surface area contributed by atoms with Gasteiger partial charge in [0.05, 0.1) is 19.8 Å². The van der Waals surface area contributed by atoms with Crippen molar-refractivity contribution in [1.29, 1.82) is 0 Å². The van der Waals surface area contributed by atoms with Gasteiger partial charge in [0.1, 0.15) is 6.54 Å². The smallest absolute Gasteiger partial charge is 0.361 e. The summed E-state index contributed by atoms with van der Waals surface area (Å²) in [5, 5.41) is 0. The third-order valence-corrected chi connectivity index (χ3v) is 3.83. The zero-order valence-electron chi connectivity index (χ0n) is 16.0. The summed E-state index contributed by atoms with van der Waals surface area (Å²) >= 11 is 0. The van der Waals surface area contributed by atoms with Gasteiger partial charge in [0.2, 0.25) is 0 Å². The molecule has 1 heterocycles. The molecule has 1 fully saturated rings. The number of para-hydroxylation sites is 1. The van der Waals surface area contributed by atoms with E-state index in [4.69, 9.17) is 31.7 Å². The zero-order valence-corrected chi connectivity index (χ0v) is 16.9. The van der Waals surface area contributed by atoms with Crippen LogP contribution in [0.2, 0.25) is 0 Å². The molecule has 0 radical (unpaired) electrons. The molecule has 1 saturated heterocycles. The molecule has 0 amide bonds. The number of anilines is 1. The molecule has 0 spiro atoms. The van der Waals surface area contributed by atoms with Gasteiger partial charge < -0.3 is 19.1 Å². The highest BCUT2D eigenvalue weighted by Crippen LogP contribution is 2.26. The summed E-state index contributed by atoms with van der Waals surface area (Å²) in [5.41, 5.74) is 1.19. The van der Waals surface area contributed by atoms with Crippen molar-refractivity contribution in [1.82, 2.24) is 0 Å². The van der Waals surface area contributed by atoms with E-state index in [0.29, 0.717) is 26.4 Å². The largest absolute Gasteiger partial charge is 0.394 e. The van der Waals surface area contributed by atoms with Gasteiger partial charge in [-0.1, -0.05) is 44.9 Å². The molecule has 1 aliphatic rings. The summed E-state index contributed by atoms with van der Waals surface area (Å²) in [4.78, 5) is 2.28. The van der Waals surface area contributed by atoms with Crippen molar-refractivity contribution in [3.8, 4) is 0 Å². The summed E-state index contributed by atoms with van der Waals surface area (Å²) in [6.07, 6.45) is 4.25. The second-order valence-electron chi connectivity index (χ2n) is 6.14. The number of unbranched alkanes of at least 4 members (excludes halogenated alkanes) is 2. The van der Waals surface area contributed by atoms with Crippen LogP contribution in [0.3, 0.4) is 0 Å². The lowest BCUT2D eigenvalue weighted by atomic mass is 10.2. The number of nitrogens with zero attached hydrogens (tertiary/aromatic N) is 1. The van der Waals surface area contributed by atoms with E-state index < -0.39 is 16.4 Å². The molecule has 2 N–H and O–H groups in total. The number of hydrogen-bond donors (Lipinski definition) is 2. The summed E-state index contributed by atoms with van der Waals surface area (Å²) in [5.74, 6) is -0.918. The number of morpholine rings is 1. The first-order valence-corrected chi connectivity index (χ1v) is 10.6. The van der Waals surface area contributed by atoms with Crippen LogP contribution in [0.1, 0.15) is 39.5 Å². The maximum Gasteiger partial charge on any atom is 0.394 e. The van der Waals surface area contributed by atoms with Crippen molar-refractivity contribution in [3.63, 3.8) is 0 Å². The van der Waals surface area contributed by atoms with E-state index in [2.05, 4.69) is 43.0 Å². The Morgan fingerprint density at radius 1 is 1.07 bits per heavy atom. The van der Waals surface area contributed by atoms with Crippen LogP contribution in [0.25, 0.3) is 0 Å². The second kappa shape index (κ2) is 12.3. The van der Waals surface area contributed by atoms with Gasteiger partial charge in [-0.15, -0.1) is 0 Å². The van der Waals surface area contributed by atoms with Crippen LogP contribution in [0.5, 0.6) is 0 Å². The van der Waals surface area contributed by atoms with E-state index >= 15 is 0 Å². The molecular weight excluding hydrogens is 374 g/mol. The molecule has 0 bridgehead atoms. The van der Waals surface area contributed by atoms with Crippen molar-refractivity contribution >= 4 is 16.1 Å². The van der Waals surface area contributed by atoms with Crippen molar-refractivity contribution in [2.75, 3.05) is 37.8 Å². The minimum Gasteiger partial charge on any atom is -0.361 e. The van der Waals surface area contributed by atoms with Crippen LogP contribution in [0, 0.1) is 0 Å². The molecule has 1 aromatic rings. The first-order valence-electron chi connectivity index (χ1n) is 9.21. The Bertz CT molecular complexity index is 591. The zero-order chi connectivity index (χ0) is 20.2. The number of hydrogen-bond acceptors (Lipinski definition) is 6. The summed E-state index contributed by atoms with van der Waals surface area (Å²) in [6, 6.07) is 10.4. The Balaban J connectivity index is 0.000000646. The van der Waals surface area contributed by atoms with Crippen molar-refractivity contribution < 1.29 is 31.7 Å². The van der Waals surface area contributed by atoms with Gasteiger partial charge in [-0.2, -0.15) is 8.42 Å². The predicted molar refractivity (Wildman–Crippen MR) is 103 cm³/mol. The molecule has 0 unspecified atom stereocenters. The molecule has 0 aliphatic carbocycles. The standard InChI is InChI=1S/C18H29NO3.H2O4S/c1-3-5-13-20-18(21-14-6-4-2)16-19(12-15-22-18)17-10-8-7-9-11-17;1-5(2,3)4/h7-11H,3-6,12-16H2,1-2H3;(H2,1,2,3,4). The highest BCUT2D eigenvalue weighted by atomic mass is 32.3. The van der Waals surface area contributed by atoms with E-state index in [1.807, 2.05) is 6.07 Å². The molecule has 1 aliphatic heterocycles. The van der Waals surface area contributed by atoms with Crippen LogP contribution in [0.15, 0.2) is 30.3 Å². The Kier molecular flexibility index (Phi) is 10.8. The molecule has 1 aromatic carbocycles. The topological polar surface area (TPSA) is 106 Å². The molecule has 0 atom stereocenters. The van der Waals surface area contributed by atoms with Crippen molar-refractivity contribution in [2.24, 2.45) is 0 Å². The SMILES string of the molecule is CCCCOC1(OCCCC)CN(c2ccccc2)CCO1.O=S(=O)(O)O. The summed E-state index contributed by atoms with van der Waals surface area (Å²) in [6.45, 7) is 7.76. The van der Waals surface area contributed by atoms with Gasteiger partial charge in [-0.25, -0.2) is 0 Å². The molecule has 0 aromatic heterocycles. The average Bonchev–Trinajstić information content (AvgIpc) is 2.62. The number of ether oxygens (including phenoxy) is 3. The minimum absolute atomic E-state index is 0.616. The van der Waals surface area contributed by atoms with E-state index in [1.165, 1.54) is 5.69 Å². The van der Waals surface area contributed by atoms with Gasteiger partial charge in [0.25, 0.3) is 0 Å². The third kappa shape index (κ3) is 10.6. The molecule has 27 heavy (non-hydrogen) atoms.